The van der Waals surface area contributed by atoms with Gasteiger partial charge in [-0.15, -0.1) is 0 Å². The standard InChI is InChI=1S/C31H23BrN4O/c32-25-18-16-22(17-19-25)28-20-29(36(33-28)31(37)24-12-6-2-7-13-24)27-21-35(26-14-8-3-9-15-26)34-30(27)23-10-4-1-5-11-23/h1-19,21,29H,20H2. The zero-order chi connectivity index (χ0) is 25.2. The van der Waals surface area contributed by atoms with Gasteiger partial charge in [-0.1, -0.05) is 94.8 Å². The van der Waals surface area contributed by atoms with Gasteiger partial charge in [0.2, 0.25) is 0 Å². The number of carbonyl (C=O) groups is 1. The second kappa shape index (κ2) is 9.99. The van der Waals surface area contributed by atoms with Crippen molar-refractivity contribution >= 4 is 27.5 Å². The minimum atomic E-state index is -0.306. The quantitative estimate of drug-likeness (QED) is 0.232. The first-order valence-electron chi connectivity index (χ1n) is 12.1. The molecule has 1 aromatic heterocycles. The minimum Gasteiger partial charge on any atom is -0.267 e. The van der Waals surface area contributed by atoms with Crippen LogP contribution < -0.4 is 0 Å². The van der Waals surface area contributed by atoms with Crippen LogP contribution in [0.15, 0.2) is 131 Å². The number of hydrogen-bond acceptors (Lipinski definition) is 3. The third kappa shape index (κ3) is 4.63. The molecule has 1 unspecified atom stereocenters. The molecule has 2 heterocycles. The lowest BCUT2D eigenvalue weighted by molar-refractivity contribution is 0.0711. The highest BCUT2D eigenvalue weighted by Crippen LogP contribution is 2.39. The number of benzene rings is 4. The van der Waals surface area contributed by atoms with Crippen LogP contribution in [-0.2, 0) is 0 Å². The van der Waals surface area contributed by atoms with E-state index in [2.05, 4.69) is 28.1 Å². The molecular formula is C31H23BrN4O. The first-order chi connectivity index (χ1) is 18.2. The van der Waals surface area contributed by atoms with Crippen molar-refractivity contribution in [2.45, 2.75) is 12.5 Å². The van der Waals surface area contributed by atoms with E-state index < -0.39 is 0 Å². The van der Waals surface area contributed by atoms with Crippen molar-refractivity contribution in [3.63, 3.8) is 0 Å². The van der Waals surface area contributed by atoms with Gasteiger partial charge in [0.1, 0.15) is 0 Å². The van der Waals surface area contributed by atoms with Crippen LogP contribution in [0.25, 0.3) is 16.9 Å². The summed E-state index contributed by atoms with van der Waals surface area (Å²) >= 11 is 3.51. The van der Waals surface area contributed by atoms with Crippen molar-refractivity contribution in [3.05, 3.63) is 143 Å². The number of hydrogen-bond donors (Lipinski definition) is 0. The van der Waals surface area contributed by atoms with Gasteiger partial charge in [-0.3, -0.25) is 4.79 Å². The molecule has 0 fully saturated rings. The van der Waals surface area contributed by atoms with E-state index in [0.29, 0.717) is 12.0 Å². The Morgan fingerprint density at radius 3 is 2.05 bits per heavy atom. The molecule has 1 atom stereocenters. The maximum atomic E-state index is 13.8. The summed E-state index contributed by atoms with van der Waals surface area (Å²) < 4.78 is 2.89. The molecule has 1 aliphatic heterocycles. The summed E-state index contributed by atoms with van der Waals surface area (Å²) in [6.45, 7) is 0. The largest absolute Gasteiger partial charge is 0.274 e. The van der Waals surface area contributed by atoms with Crippen LogP contribution in [0.3, 0.4) is 0 Å². The summed E-state index contributed by atoms with van der Waals surface area (Å²) in [7, 11) is 0. The summed E-state index contributed by atoms with van der Waals surface area (Å²) in [4.78, 5) is 13.8. The van der Waals surface area contributed by atoms with Crippen molar-refractivity contribution in [2.75, 3.05) is 0 Å². The summed E-state index contributed by atoms with van der Waals surface area (Å²) in [5.41, 5.74) is 6.21. The predicted octanol–water partition coefficient (Wildman–Crippen LogP) is 7.29. The van der Waals surface area contributed by atoms with Gasteiger partial charge in [0.25, 0.3) is 5.91 Å². The van der Waals surface area contributed by atoms with Gasteiger partial charge in [0.15, 0.2) is 0 Å². The third-order valence-electron chi connectivity index (χ3n) is 6.49. The molecule has 0 radical (unpaired) electrons. The van der Waals surface area contributed by atoms with E-state index in [1.54, 1.807) is 5.01 Å². The highest BCUT2D eigenvalue weighted by molar-refractivity contribution is 9.10. The SMILES string of the molecule is O=C(c1ccccc1)N1N=C(c2ccc(Br)cc2)CC1c1cn(-c2ccccc2)nc1-c1ccccc1. The van der Waals surface area contributed by atoms with Crippen molar-refractivity contribution in [3.8, 4) is 16.9 Å². The average molecular weight is 547 g/mol. The van der Waals surface area contributed by atoms with E-state index in [9.17, 15) is 4.79 Å². The van der Waals surface area contributed by atoms with Crippen molar-refractivity contribution in [1.29, 1.82) is 0 Å². The van der Waals surface area contributed by atoms with Gasteiger partial charge in [0, 0.05) is 33.8 Å². The normalized spacial score (nSPS) is 15.0. The number of amides is 1. The van der Waals surface area contributed by atoms with Crippen molar-refractivity contribution in [2.24, 2.45) is 5.10 Å². The highest BCUT2D eigenvalue weighted by Gasteiger charge is 2.36. The van der Waals surface area contributed by atoms with E-state index in [4.69, 9.17) is 10.2 Å². The van der Waals surface area contributed by atoms with Crippen LogP contribution in [-0.4, -0.2) is 26.4 Å². The molecule has 1 aliphatic rings. The van der Waals surface area contributed by atoms with Gasteiger partial charge in [-0.05, 0) is 42.0 Å². The lowest BCUT2D eigenvalue weighted by Gasteiger charge is -2.22. The fraction of sp³-hybridized carbons (Fsp3) is 0.0645. The molecule has 37 heavy (non-hydrogen) atoms. The Morgan fingerprint density at radius 1 is 0.757 bits per heavy atom. The first kappa shape index (κ1) is 23.1. The van der Waals surface area contributed by atoms with Gasteiger partial charge in [0.05, 0.1) is 23.1 Å². The molecule has 0 saturated carbocycles. The van der Waals surface area contributed by atoms with Crippen LogP contribution in [0.1, 0.15) is 33.9 Å². The third-order valence-corrected chi connectivity index (χ3v) is 7.01. The Kier molecular flexibility index (Phi) is 6.25. The molecule has 5 aromatic rings. The fourth-order valence-electron chi connectivity index (χ4n) is 4.63. The molecule has 1 amide bonds. The monoisotopic (exact) mass is 546 g/mol. The molecule has 6 rings (SSSR count). The van der Waals surface area contributed by atoms with Crippen LogP contribution in [0.5, 0.6) is 0 Å². The fourth-order valence-corrected chi connectivity index (χ4v) is 4.90. The van der Waals surface area contributed by atoms with Gasteiger partial charge >= 0.3 is 0 Å². The Labute approximate surface area is 223 Å². The molecule has 5 nitrogen and oxygen atoms in total. The lowest BCUT2D eigenvalue weighted by atomic mass is 9.96. The summed E-state index contributed by atoms with van der Waals surface area (Å²) in [5.74, 6) is -0.135. The van der Waals surface area contributed by atoms with Crippen molar-refractivity contribution in [1.82, 2.24) is 14.8 Å². The molecule has 4 aromatic carbocycles. The zero-order valence-corrected chi connectivity index (χ0v) is 21.5. The maximum absolute atomic E-state index is 13.8. The van der Waals surface area contributed by atoms with E-state index in [-0.39, 0.29) is 11.9 Å². The molecule has 0 bridgehead atoms. The Bertz CT molecular complexity index is 1560. The Morgan fingerprint density at radius 2 is 1.38 bits per heavy atom. The van der Waals surface area contributed by atoms with E-state index in [1.165, 1.54) is 0 Å². The summed E-state index contributed by atoms with van der Waals surface area (Å²) in [6.07, 6.45) is 2.62. The van der Waals surface area contributed by atoms with Crippen molar-refractivity contribution < 1.29 is 4.79 Å². The second-order valence-electron chi connectivity index (χ2n) is 8.87. The minimum absolute atomic E-state index is 0.135. The molecule has 0 N–H and O–H groups in total. The maximum Gasteiger partial charge on any atom is 0.274 e. The number of aromatic nitrogens is 2. The van der Waals surface area contributed by atoms with Crippen LogP contribution >= 0.6 is 15.9 Å². The average Bonchev–Trinajstić information content (AvgIpc) is 3.60. The molecular weight excluding hydrogens is 524 g/mol. The Hall–Kier alpha value is -4.29. The number of rotatable bonds is 5. The Balaban J connectivity index is 1.48. The topological polar surface area (TPSA) is 50.5 Å². The highest BCUT2D eigenvalue weighted by atomic mass is 79.9. The summed E-state index contributed by atoms with van der Waals surface area (Å²) in [5, 5.41) is 11.5. The number of nitrogens with zero attached hydrogens (tertiary/aromatic N) is 4. The predicted molar refractivity (Wildman–Crippen MR) is 150 cm³/mol. The van der Waals surface area contributed by atoms with Crippen LogP contribution in [0, 0.1) is 0 Å². The molecule has 0 saturated heterocycles. The van der Waals surface area contributed by atoms with Gasteiger partial charge < -0.3 is 0 Å². The smallest absolute Gasteiger partial charge is 0.267 e. The van der Waals surface area contributed by atoms with E-state index in [1.807, 2.05) is 114 Å². The van der Waals surface area contributed by atoms with Gasteiger partial charge in [-0.25, -0.2) is 9.69 Å². The zero-order valence-electron chi connectivity index (χ0n) is 19.9. The van der Waals surface area contributed by atoms with Crippen LogP contribution in [0.2, 0.25) is 0 Å². The number of hydrazone groups is 1. The van der Waals surface area contributed by atoms with E-state index >= 15 is 0 Å². The van der Waals surface area contributed by atoms with Gasteiger partial charge in [-0.2, -0.15) is 10.2 Å². The number of halogens is 1. The number of para-hydroxylation sites is 1. The second-order valence-corrected chi connectivity index (χ2v) is 9.78. The number of carbonyl (C=O) groups excluding carboxylic acids is 1. The summed E-state index contributed by atoms with van der Waals surface area (Å²) in [6, 6.07) is 37.2. The molecule has 0 aliphatic carbocycles. The molecule has 6 heteroatoms. The van der Waals surface area contributed by atoms with Crippen LogP contribution in [0.4, 0.5) is 0 Å². The lowest BCUT2D eigenvalue weighted by Crippen LogP contribution is -2.27. The first-order valence-corrected chi connectivity index (χ1v) is 12.9. The van der Waals surface area contributed by atoms with E-state index in [0.717, 1.165) is 38.3 Å². The molecule has 0 spiro atoms. The molecule has 180 valence electrons.